The zero-order valence-electron chi connectivity index (χ0n) is 17.1. The Kier molecular flexibility index (Phi) is 5.58. The minimum atomic E-state index is -0.179. The molecule has 0 aliphatic heterocycles. The zero-order chi connectivity index (χ0) is 20.3. The normalized spacial score (nSPS) is 11.5. The minimum absolute atomic E-state index is 0.107. The molecule has 0 saturated carbocycles. The van der Waals surface area contributed by atoms with Gasteiger partial charge in [-0.3, -0.25) is 9.48 Å². The molecule has 0 aliphatic carbocycles. The quantitative estimate of drug-likeness (QED) is 0.643. The maximum Gasteiger partial charge on any atom is 0.289 e. The SMILES string of the molecule is CN(Cc1ccnn1C)C(=O)c1ccc(COc2ccc(C(C)(C)C)cc2)o1. The standard InChI is InChI=1S/C22H27N3O3/c1-22(2,3)16-6-8-18(9-7-16)27-15-19-10-11-20(28-19)21(26)24(4)14-17-12-13-23-25(17)5/h6-13H,14-15H2,1-5H3. The number of carbonyl (C=O) groups is 1. The van der Waals surface area contributed by atoms with E-state index in [-0.39, 0.29) is 17.9 Å². The van der Waals surface area contributed by atoms with Crippen LogP contribution in [0.3, 0.4) is 0 Å². The number of aryl methyl sites for hydroxylation is 1. The smallest absolute Gasteiger partial charge is 0.289 e. The molecule has 0 bridgehead atoms. The molecule has 3 aromatic rings. The molecule has 0 N–H and O–H groups in total. The monoisotopic (exact) mass is 381 g/mol. The third-order valence-corrected chi connectivity index (χ3v) is 4.64. The predicted octanol–water partition coefficient (Wildman–Crippen LogP) is 4.16. The van der Waals surface area contributed by atoms with Gasteiger partial charge in [-0.1, -0.05) is 32.9 Å². The number of furan rings is 1. The van der Waals surface area contributed by atoms with Gasteiger partial charge in [0.1, 0.15) is 18.1 Å². The molecule has 1 aromatic carbocycles. The van der Waals surface area contributed by atoms with Crippen LogP contribution in [0, 0.1) is 0 Å². The van der Waals surface area contributed by atoms with Crippen molar-refractivity contribution in [3.8, 4) is 5.75 Å². The van der Waals surface area contributed by atoms with Gasteiger partial charge in [-0.25, -0.2) is 0 Å². The molecule has 0 spiro atoms. The Morgan fingerprint density at radius 1 is 1.14 bits per heavy atom. The number of nitrogens with zero attached hydrogens (tertiary/aromatic N) is 3. The zero-order valence-corrected chi connectivity index (χ0v) is 17.1. The van der Waals surface area contributed by atoms with Crippen molar-refractivity contribution >= 4 is 5.91 Å². The molecule has 0 atom stereocenters. The second-order valence-electron chi connectivity index (χ2n) is 7.94. The van der Waals surface area contributed by atoms with E-state index in [1.54, 1.807) is 35.0 Å². The van der Waals surface area contributed by atoms with Gasteiger partial charge in [-0.05, 0) is 41.3 Å². The number of hydrogen-bond acceptors (Lipinski definition) is 4. The van der Waals surface area contributed by atoms with Crippen LogP contribution in [0.1, 0.15) is 48.3 Å². The summed E-state index contributed by atoms with van der Waals surface area (Å²) in [5.41, 5.74) is 2.31. The number of hydrogen-bond donors (Lipinski definition) is 0. The van der Waals surface area contributed by atoms with Crippen molar-refractivity contribution in [3.05, 3.63) is 71.4 Å². The Bertz CT molecular complexity index is 933. The second kappa shape index (κ2) is 7.92. The molecule has 6 nitrogen and oxygen atoms in total. The van der Waals surface area contributed by atoms with Gasteiger partial charge in [-0.15, -0.1) is 0 Å². The maximum absolute atomic E-state index is 12.6. The van der Waals surface area contributed by atoms with E-state index in [9.17, 15) is 4.79 Å². The van der Waals surface area contributed by atoms with Gasteiger partial charge in [0, 0.05) is 20.3 Å². The van der Waals surface area contributed by atoms with Gasteiger partial charge in [0.05, 0.1) is 12.2 Å². The van der Waals surface area contributed by atoms with Crippen molar-refractivity contribution in [1.82, 2.24) is 14.7 Å². The minimum Gasteiger partial charge on any atom is -0.486 e. The van der Waals surface area contributed by atoms with Crippen LogP contribution in [-0.2, 0) is 25.6 Å². The Morgan fingerprint density at radius 3 is 2.46 bits per heavy atom. The highest BCUT2D eigenvalue weighted by Gasteiger charge is 2.18. The van der Waals surface area contributed by atoms with Crippen LogP contribution in [0.15, 0.2) is 53.1 Å². The lowest BCUT2D eigenvalue weighted by atomic mass is 9.87. The number of ether oxygens (including phenoxy) is 1. The molecule has 0 saturated heterocycles. The van der Waals surface area contributed by atoms with E-state index in [0.29, 0.717) is 18.1 Å². The first-order valence-corrected chi connectivity index (χ1v) is 9.28. The summed E-state index contributed by atoms with van der Waals surface area (Å²) in [5.74, 6) is 1.50. The highest BCUT2D eigenvalue weighted by atomic mass is 16.5. The van der Waals surface area contributed by atoms with Crippen molar-refractivity contribution in [2.24, 2.45) is 7.05 Å². The fraction of sp³-hybridized carbons (Fsp3) is 0.364. The van der Waals surface area contributed by atoms with E-state index in [1.165, 1.54) is 5.56 Å². The fourth-order valence-corrected chi connectivity index (χ4v) is 2.84. The van der Waals surface area contributed by atoms with E-state index in [2.05, 4.69) is 38.0 Å². The molecule has 0 unspecified atom stereocenters. The van der Waals surface area contributed by atoms with Crippen molar-refractivity contribution in [1.29, 1.82) is 0 Å². The molecule has 28 heavy (non-hydrogen) atoms. The molecule has 148 valence electrons. The average molecular weight is 381 g/mol. The molecule has 2 heterocycles. The summed E-state index contributed by atoms with van der Waals surface area (Å²) in [5, 5.41) is 4.12. The van der Waals surface area contributed by atoms with Crippen molar-refractivity contribution in [3.63, 3.8) is 0 Å². The maximum atomic E-state index is 12.6. The van der Waals surface area contributed by atoms with Gasteiger partial charge < -0.3 is 14.1 Å². The summed E-state index contributed by atoms with van der Waals surface area (Å²) in [7, 11) is 3.59. The van der Waals surface area contributed by atoms with E-state index in [1.807, 2.05) is 25.2 Å². The third-order valence-electron chi connectivity index (χ3n) is 4.64. The molecule has 1 amide bonds. The van der Waals surface area contributed by atoms with Gasteiger partial charge in [0.25, 0.3) is 5.91 Å². The molecular weight excluding hydrogens is 354 g/mol. The summed E-state index contributed by atoms with van der Waals surface area (Å²) < 4.78 is 13.2. The number of aromatic nitrogens is 2. The molecule has 0 aliphatic rings. The van der Waals surface area contributed by atoms with Crippen LogP contribution >= 0.6 is 0 Å². The summed E-state index contributed by atoms with van der Waals surface area (Å²) in [6.45, 7) is 7.26. The summed E-state index contributed by atoms with van der Waals surface area (Å²) in [4.78, 5) is 14.2. The lowest BCUT2D eigenvalue weighted by molar-refractivity contribution is 0.0746. The highest BCUT2D eigenvalue weighted by molar-refractivity contribution is 5.91. The lowest BCUT2D eigenvalue weighted by Gasteiger charge is -2.19. The summed E-state index contributed by atoms with van der Waals surface area (Å²) in [6, 6.07) is 13.4. The van der Waals surface area contributed by atoms with Crippen molar-refractivity contribution in [2.75, 3.05) is 7.05 Å². The molecule has 6 heteroatoms. The van der Waals surface area contributed by atoms with E-state index >= 15 is 0 Å². The van der Waals surface area contributed by atoms with Crippen molar-refractivity contribution in [2.45, 2.75) is 39.3 Å². The van der Waals surface area contributed by atoms with E-state index < -0.39 is 0 Å². The van der Waals surface area contributed by atoms with Crippen molar-refractivity contribution < 1.29 is 13.9 Å². The lowest BCUT2D eigenvalue weighted by Crippen LogP contribution is -2.26. The molecule has 0 fully saturated rings. The van der Waals surface area contributed by atoms with Crippen LogP contribution in [0.2, 0.25) is 0 Å². The number of carbonyl (C=O) groups excluding carboxylic acids is 1. The van der Waals surface area contributed by atoms with Gasteiger partial charge in [-0.2, -0.15) is 5.10 Å². The van der Waals surface area contributed by atoms with E-state index in [0.717, 1.165) is 11.4 Å². The number of rotatable bonds is 6. The highest BCUT2D eigenvalue weighted by Crippen LogP contribution is 2.24. The van der Waals surface area contributed by atoms with Crippen LogP contribution in [0.4, 0.5) is 0 Å². The first-order chi connectivity index (χ1) is 13.2. The summed E-state index contributed by atoms with van der Waals surface area (Å²) in [6.07, 6.45) is 1.71. The Labute approximate surface area is 165 Å². The second-order valence-corrected chi connectivity index (χ2v) is 7.94. The first kappa shape index (κ1) is 19.7. The number of benzene rings is 1. The first-order valence-electron chi connectivity index (χ1n) is 9.28. The summed E-state index contributed by atoms with van der Waals surface area (Å²) >= 11 is 0. The molecular formula is C22H27N3O3. The van der Waals surface area contributed by atoms with Gasteiger partial charge in [0.2, 0.25) is 0 Å². The van der Waals surface area contributed by atoms with Gasteiger partial charge >= 0.3 is 0 Å². The van der Waals surface area contributed by atoms with Gasteiger partial charge in [0.15, 0.2) is 5.76 Å². The van der Waals surface area contributed by atoms with Crippen LogP contribution in [0.5, 0.6) is 5.75 Å². The topological polar surface area (TPSA) is 60.5 Å². The average Bonchev–Trinajstić information content (AvgIpc) is 3.28. The largest absolute Gasteiger partial charge is 0.486 e. The predicted molar refractivity (Wildman–Crippen MR) is 107 cm³/mol. The Morgan fingerprint density at radius 2 is 1.86 bits per heavy atom. The Hall–Kier alpha value is -3.02. The van der Waals surface area contributed by atoms with Crippen LogP contribution < -0.4 is 4.74 Å². The number of amides is 1. The molecule has 2 aromatic heterocycles. The molecule has 0 radical (unpaired) electrons. The third kappa shape index (κ3) is 4.63. The Balaban J connectivity index is 1.57. The molecule has 3 rings (SSSR count). The van der Waals surface area contributed by atoms with Crippen LogP contribution in [0.25, 0.3) is 0 Å². The fourth-order valence-electron chi connectivity index (χ4n) is 2.84. The van der Waals surface area contributed by atoms with E-state index in [4.69, 9.17) is 9.15 Å². The van der Waals surface area contributed by atoms with Crippen LogP contribution in [-0.4, -0.2) is 27.6 Å².